The summed E-state index contributed by atoms with van der Waals surface area (Å²) in [6.45, 7) is 4.11. The molecule has 1 aromatic rings. The molecule has 0 aliphatic carbocycles. The molecule has 0 saturated heterocycles. The van der Waals surface area contributed by atoms with Crippen LogP contribution >= 0.6 is 11.3 Å². The first-order valence-electron chi connectivity index (χ1n) is 5.58. The van der Waals surface area contributed by atoms with Crippen LogP contribution in [0.5, 0.6) is 0 Å². The Hall–Kier alpha value is -0.420. The summed E-state index contributed by atoms with van der Waals surface area (Å²) in [5, 5.41) is 9.59. The Morgan fingerprint density at radius 3 is 2.69 bits per heavy atom. The van der Waals surface area contributed by atoms with E-state index in [1.807, 2.05) is 18.4 Å². The Balaban J connectivity index is 2.35. The van der Waals surface area contributed by atoms with Crippen LogP contribution in [0.2, 0.25) is 0 Å². The van der Waals surface area contributed by atoms with E-state index in [0.29, 0.717) is 13.2 Å². The molecule has 1 heterocycles. The summed E-state index contributed by atoms with van der Waals surface area (Å²) in [7, 11) is 3.63. The minimum atomic E-state index is -0.402. The lowest BCUT2D eigenvalue weighted by Crippen LogP contribution is -2.31. The third-order valence-corrected chi connectivity index (χ3v) is 3.59. The topological polar surface area (TPSA) is 32.7 Å². The van der Waals surface area contributed by atoms with Gasteiger partial charge in [0.15, 0.2) is 0 Å². The first-order chi connectivity index (χ1) is 7.65. The maximum absolute atomic E-state index is 9.59. The van der Waals surface area contributed by atoms with E-state index in [1.54, 1.807) is 7.11 Å². The van der Waals surface area contributed by atoms with Crippen LogP contribution in [0.3, 0.4) is 0 Å². The zero-order chi connectivity index (χ0) is 12.0. The van der Waals surface area contributed by atoms with Gasteiger partial charge >= 0.3 is 0 Å². The van der Waals surface area contributed by atoms with E-state index in [9.17, 15) is 5.11 Å². The highest BCUT2D eigenvalue weighted by Gasteiger charge is 2.09. The molecular weight excluding hydrogens is 222 g/mol. The van der Waals surface area contributed by atoms with Crippen molar-refractivity contribution in [2.45, 2.75) is 26.0 Å². The van der Waals surface area contributed by atoms with E-state index >= 15 is 0 Å². The Kier molecular flexibility index (Phi) is 5.98. The molecule has 0 aliphatic heterocycles. The smallest absolute Gasteiger partial charge is 0.0900 e. The van der Waals surface area contributed by atoms with Gasteiger partial charge in [0.2, 0.25) is 0 Å². The van der Waals surface area contributed by atoms with Crippen molar-refractivity contribution in [3.63, 3.8) is 0 Å². The average Bonchev–Trinajstić information content (AvgIpc) is 2.65. The van der Waals surface area contributed by atoms with E-state index in [2.05, 4.69) is 24.0 Å². The predicted molar refractivity (Wildman–Crippen MR) is 67.9 cm³/mol. The average molecular weight is 243 g/mol. The summed E-state index contributed by atoms with van der Waals surface area (Å²) in [5.41, 5.74) is 0. The van der Waals surface area contributed by atoms with Gasteiger partial charge in [-0.2, -0.15) is 0 Å². The van der Waals surface area contributed by atoms with Crippen molar-refractivity contribution >= 4 is 11.3 Å². The summed E-state index contributed by atoms with van der Waals surface area (Å²) in [6, 6.07) is 4.35. The Labute approximate surface area is 102 Å². The van der Waals surface area contributed by atoms with E-state index < -0.39 is 6.10 Å². The standard InChI is InChI=1S/C12H21NO2S/c1-4-11-5-6-12(16-11)8-13(2)7-10(14)9-15-3/h5-6,10,14H,4,7-9H2,1-3H3. The van der Waals surface area contributed by atoms with Gasteiger partial charge in [-0.25, -0.2) is 0 Å². The predicted octanol–water partition coefficient (Wildman–Crippen LogP) is 1.75. The number of rotatable bonds is 7. The van der Waals surface area contributed by atoms with Gasteiger partial charge in [0.25, 0.3) is 0 Å². The number of hydrogen-bond acceptors (Lipinski definition) is 4. The van der Waals surface area contributed by atoms with E-state index in [-0.39, 0.29) is 0 Å². The van der Waals surface area contributed by atoms with Crippen molar-refractivity contribution < 1.29 is 9.84 Å². The molecule has 0 saturated carbocycles. The number of likely N-dealkylation sites (N-methyl/N-ethyl adjacent to an activating group) is 1. The quantitative estimate of drug-likeness (QED) is 0.792. The number of aliphatic hydroxyl groups excluding tert-OH is 1. The molecule has 0 spiro atoms. The van der Waals surface area contributed by atoms with Gasteiger partial charge in [-0.15, -0.1) is 11.3 Å². The lowest BCUT2D eigenvalue weighted by Gasteiger charge is -2.19. The molecule has 0 bridgehead atoms. The Morgan fingerprint density at radius 1 is 1.44 bits per heavy atom. The summed E-state index contributed by atoms with van der Waals surface area (Å²) in [5.74, 6) is 0. The molecule has 16 heavy (non-hydrogen) atoms. The van der Waals surface area contributed by atoms with Gasteiger partial charge in [0, 0.05) is 30.0 Å². The van der Waals surface area contributed by atoms with E-state index in [0.717, 1.165) is 13.0 Å². The third kappa shape index (κ3) is 4.61. The summed E-state index contributed by atoms with van der Waals surface area (Å²) >= 11 is 1.85. The number of aliphatic hydroxyl groups is 1. The van der Waals surface area contributed by atoms with E-state index in [4.69, 9.17) is 4.74 Å². The van der Waals surface area contributed by atoms with Crippen molar-refractivity contribution in [2.24, 2.45) is 0 Å². The first-order valence-corrected chi connectivity index (χ1v) is 6.40. The van der Waals surface area contributed by atoms with Crippen LogP contribution in [0.1, 0.15) is 16.7 Å². The summed E-state index contributed by atoms with van der Waals surface area (Å²) in [6.07, 6.45) is 0.696. The molecule has 0 amide bonds. The number of hydrogen-bond donors (Lipinski definition) is 1. The zero-order valence-corrected chi connectivity index (χ0v) is 11.1. The Morgan fingerprint density at radius 2 is 2.12 bits per heavy atom. The van der Waals surface area contributed by atoms with Crippen molar-refractivity contribution in [1.82, 2.24) is 4.90 Å². The van der Waals surface area contributed by atoms with Crippen LogP contribution in [0.25, 0.3) is 0 Å². The molecule has 1 unspecified atom stereocenters. The van der Waals surface area contributed by atoms with Crippen molar-refractivity contribution in [2.75, 3.05) is 27.3 Å². The molecule has 0 aliphatic rings. The monoisotopic (exact) mass is 243 g/mol. The van der Waals surface area contributed by atoms with Gasteiger partial charge < -0.3 is 9.84 Å². The second-order valence-electron chi connectivity index (χ2n) is 4.03. The highest BCUT2D eigenvalue weighted by molar-refractivity contribution is 7.11. The van der Waals surface area contributed by atoms with Crippen LogP contribution in [0.4, 0.5) is 0 Å². The fourth-order valence-corrected chi connectivity index (χ4v) is 2.67. The van der Waals surface area contributed by atoms with Crippen molar-refractivity contribution in [3.05, 3.63) is 21.9 Å². The largest absolute Gasteiger partial charge is 0.389 e. The molecule has 1 rings (SSSR count). The minimum Gasteiger partial charge on any atom is -0.389 e. The highest BCUT2D eigenvalue weighted by Crippen LogP contribution is 2.18. The molecule has 4 heteroatoms. The maximum atomic E-state index is 9.59. The normalized spacial score (nSPS) is 13.3. The third-order valence-electron chi connectivity index (χ3n) is 2.37. The van der Waals surface area contributed by atoms with Gasteiger partial charge in [-0.3, -0.25) is 4.90 Å². The molecule has 0 radical (unpaired) electrons. The molecule has 1 N–H and O–H groups in total. The van der Waals surface area contributed by atoms with Crippen LogP contribution < -0.4 is 0 Å². The van der Waals surface area contributed by atoms with Crippen LogP contribution in [-0.2, 0) is 17.7 Å². The molecule has 1 atom stereocenters. The van der Waals surface area contributed by atoms with Crippen molar-refractivity contribution in [1.29, 1.82) is 0 Å². The molecule has 92 valence electrons. The summed E-state index contributed by atoms with van der Waals surface area (Å²) < 4.78 is 4.90. The van der Waals surface area contributed by atoms with Crippen LogP contribution in [-0.4, -0.2) is 43.4 Å². The van der Waals surface area contributed by atoms with Gasteiger partial charge in [-0.1, -0.05) is 6.92 Å². The second-order valence-corrected chi connectivity index (χ2v) is 5.28. The lowest BCUT2D eigenvalue weighted by atomic mass is 10.3. The number of nitrogens with zero attached hydrogens (tertiary/aromatic N) is 1. The van der Waals surface area contributed by atoms with Gasteiger partial charge in [0.05, 0.1) is 12.7 Å². The number of aryl methyl sites for hydroxylation is 1. The van der Waals surface area contributed by atoms with Crippen LogP contribution in [0.15, 0.2) is 12.1 Å². The van der Waals surface area contributed by atoms with Gasteiger partial charge in [0.1, 0.15) is 0 Å². The highest BCUT2D eigenvalue weighted by atomic mass is 32.1. The lowest BCUT2D eigenvalue weighted by molar-refractivity contribution is 0.0420. The van der Waals surface area contributed by atoms with E-state index in [1.165, 1.54) is 9.75 Å². The SMILES string of the molecule is CCc1ccc(CN(C)CC(O)COC)s1. The second kappa shape index (κ2) is 7.01. The maximum Gasteiger partial charge on any atom is 0.0900 e. The van der Waals surface area contributed by atoms with Crippen molar-refractivity contribution in [3.8, 4) is 0 Å². The first kappa shape index (κ1) is 13.6. The fraction of sp³-hybridized carbons (Fsp3) is 0.667. The molecule has 0 fully saturated rings. The number of methoxy groups -OCH3 is 1. The zero-order valence-electron chi connectivity index (χ0n) is 10.3. The molecule has 0 aromatic carbocycles. The number of ether oxygens (including phenoxy) is 1. The van der Waals surface area contributed by atoms with Gasteiger partial charge in [-0.05, 0) is 25.6 Å². The number of thiophene rings is 1. The molecule has 3 nitrogen and oxygen atoms in total. The summed E-state index contributed by atoms with van der Waals surface area (Å²) in [4.78, 5) is 4.89. The molecule has 1 aromatic heterocycles. The fourth-order valence-electron chi connectivity index (χ4n) is 1.63. The molecular formula is C12H21NO2S. The Bertz CT molecular complexity index is 301. The van der Waals surface area contributed by atoms with Crippen LogP contribution in [0, 0.1) is 0 Å². The minimum absolute atomic E-state index is 0.398.